The zero-order valence-corrected chi connectivity index (χ0v) is 15.9. The number of piperidine rings is 1. The summed E-state index contributed by atoms with van der Waals surface area (Å²) in [5.41, 5.74) is 2.05. The molecule has 1 aliphatic heterocycles. The van der Waals surface area contributed by atoms with E-state index in [-0.39, 0.29) is 5.91 Å². The number of aromatic nitrogens is 3. The summed E-state index contributed by atoms with van der Waals surface area (Å²) in [6.45, 7) is 2.61. The summed E-state index contributed by atoms with van der Waals surface area (Å²) in [6, 6.07) is 0. The van der Waals surface area contributed by atoms with Gasteiger partial charge in [-0.15, -0.1) is 0 Å². The first-order valence-corrected chi connectivity index (χ1v) is 10.6. The van der Waals surface area contributed by atoms with Crippen molar-refractivity contribution in [3.8, 4) is 0 Å². The lowest BCUT2D eigenvalue weighted by Crippen LogP contribution is -2.40. The van der Waals surface area contributed by atoms with Crippen LogP contribution in [0.15, 0.2) is 16.9 Å². The first kappa shape index (κ1) is 17.0. The largest absolute Gasteiger partial charge is 0.350 e. The van der Waals surface area contributed by atoms with Crippen LogP contribution in [-0.2, 0) is 19.4 Å². The van der Waals surface area contributed by atoms with Crippen molar-refractivity contribution in [3.63, 3.8) is 0 Å². The number of hydrogen-bond acceptors (Lipinski definition) is 4. The van der Waals surface area contributed by atoms with E-state index in [0.29, 0.717) is 11.7 Å². The van der Waals surface area contributed by atoms with Gasteiger partial charge in [0.2, 0.25) is 5.76 Å². The molecule has 0 aromatic carbocycles. The van der Waals surface area contributed by atoms with Crippen LogP contribution in [0.2, 0.25) is 0 Å². The zero-order valence-electron chi connectivity index (χ0n) is 15.9. The van der Waals surface area contributed by atoms with Crippen LogP contribution >= 0.6 is 0 Å². The quantitative estimate of drug-likeness (QED) is 0.828. The summed E-state index contributed by atoms with van der Waals surface area (Å²) in [5, 5.41) is 4.17. The van der Waals surface area contributed by atoms with Gasteiger partial charge in [0.25, 0.3) is 5.91 Å². The predicted molar refractivity (Wildman–Crippen MR) is 101 cm³/mol. The SMILES string of the molecule is O=C(c1onc2c1CCCC2)N1CCCC(c2nccn2CC2CCC2)C1. The minimum absolute atomic E-state index is 0.0208. The number of fused-ring (bicyclic) bond motifs is 1. The molecule has 2 fully saturated rings. The molecule has 0 bridgehead atoms. The Hall–Kier alpha value is -2.11. The molecular formula is C21H28N4O2. The van der Waals surface area contributed by atoms with E-state index in [9.17, 15) is 4.79 Å². The molecule has 1 unspecified atom stereocenters. The van der Waals surface area contributed by atoms with Crippen LogP contribution in [0.5, 0.6) is 0 Å². The van der Waals surface area contributed by atoms with Gasteiger partial charge in [-0.3, -0.25) is 4.79 Å². The average Bonchev–Trinajstić information content (AvgIpc) is 3.31. The predicted octanol–water partition coefficient (Wildman–Crippen LogP) is 3.57. The Morgan fingerprint density at radius 3 is 2.89 bits per heavy atom. The number of imidazole rings is 1. The number of carbonyl (C=O) groups is 1. The van der Waals surface area contributed by atoms with Gasteiger partial charge in [0, 0.05) is 43.5 Å². The molecule has 0 radical (unpaired) electrons. The van der Waals surface area contributed by atoms with Gasteiger partial charge in [-0.2, -0.15) is 0 Å². The van der Waals surface area contributed by atoms with Crippen molar-refractivity contribution in [2.24, 2.45) is 5.92 Å². The lowest BCUT2D eigenvalue weighted by Gasteiger charge is -2.33. The lowest BCUT2D eigenvalue weighted by molar-refractivity contribution is 0.0659. The van der Waals surface area contributed by atoms with Gasteiger partial charge in [-0.25, -0.2) is 4.98 Å². The number of aryl methyl sites for hydroxylation is 1. The highest BCUT2D eigenvalue weighted by molar-refractivity contribution is 5.93. The Kier molecular flexibility index (Phi) is 4.50. The fourth-order valence-electron chi connectivity index (χ4n) is 4.86. The molecule has 3 aliphatic rings. The summed E-state index contributed by atoms with van der Waals surface area (Å²) in [7, 11) is 0. The van der Waals surface area contributed by atoms with E-state index >= 15 is 0 Å². The van der Waals surface area contributed by atoms with Crippen molar-refractivity contribution in [1.29, 1.82) is 0 Å². The molecule has 1 saturated carbocycles. The van der Waals surface area contributed by atoms with Crippen LogP contribution in [0.3, 0.4) is 0 Å². The van der Waals surface area contributed by atoms with E-state index in [0.717, 1.165) is 81.2 Å². The van der Waals surface area contributed by atoms with Crippen LogP contribution in [0, 0.1) is 5.92 Å². The van der Waals surface area contributed by atoms with E-state index in [2.05, 4.69) is 20.9 Å². The number of rotatable bonds is 4. The summed E-state index contributed by atoms with van der Waals surface area (Å²) >= 11 is 0. The monoisotopic (exact) mass is 368 g/mol. The maximum Gasteiger partial charge on any atom is 0.292 e. The van der Waals surface area contributed by atoms with Gasteiger partial charge in [-0.1, -0.05) is 11.6 Å². The van der Waals surface area contributed by atoms with Crippen molar-refractivity contribution in [3.05, 3.63) is 35.2 Å². The summed E-state index contributed by atoms with van der Waals surface area (Å²) in [6.07, 6.45) is 14.3. The van der Waals surface area contributed by atoms with Crippen LogP contribution < -0.4 is 0 Å². The number of nitrogens with zero attached hydrogens (tertiary/aromatic N) is 4. The van der Waals surface area contributed by atoms with E-state index in [1.54, 1.807) is 0 Å². The standard InChI is InChI=1S/C21H28N4O2/c26-21(19-17-8-1-2-9-18(17)23-27-19)25-11-4-7-16(14-25)20-22-10-12-24(20)13-15-5-3-6-15/h10,12,15-16H,1-9,11,13-14H2. The van der Waals surface area contributed by atoms with Gasteiger partial charge in [0.15, 0.2) is 0 Å². The van der Waals surface area contributed by atoms with Gasteiger partial charge >= 0.3 is 0 Å². The third-order valence-electron chi connectivity index (χ3n) is 6.66. The first-order chi connectivity index (χ1) is 13.3. The smallest absolute Gasteiger partial charge is 0.292 e. The Morgan fingerprint density at radius 1 is 1.15 bits per heavy atom. The molecule has 1 amide bonds. The van der Waals surface area contributed by atoms with Crippen molar-refractivity contribution in [1.82, 2.24) is 19.6 Å². The Bertz CT molecular complexity index is 820. The molecule has 0 N–H and O–H groups in total. The Balaban J connectivity index is 1.32. The Labute approximate surface area is 159 Å². The minimum Gasteiger partial charge on any atom is -0.350 e. The zero-order chi connectivity index (χ0) is 18.2. The second-order valence-corrected chi connectivity index (χ2v) is 8.47. The van der Waals surface area contributed by atoms with Crippen molar-refractivity contribution < 1.29 is 9.32 Å². The van der Waals surface area contributed by atoms with E-state index in [1.807, 2.05) is 11.1 Å². The highest BCUT2D eigenvalue weighted by atomic mass is 16.5. The molecule has 6 nitrogen and oxygen atoms in total. The van der Waals surface area contributed by atoms with Crippen LogP contribution in [0.25, 0.3) is 0 Å². The van der Waals surface area contributed by atoms with E-state index in [1.165, 1.54) is 19.3 Å². The molecule has 1 atom stereocenters. The second-order valence-electron chi connectivity index (χ2n) is 8.47. The molecular weight excluding hydrogens is 340 g/mol. The van der Waals surface area contributed by atoms with Crippen LogP contribution in [-0.4, -0.2) is 38.6 Å². The Morgan fingerprint density at radius 2 is 2.04 bits per heavy atom. The molecule has 2 aliphatic carbocycles. The average molecular weight is 368 g/mol. The fraction of sp³-hybridized carbons (Fsp3) is 0.667. The minimum atomic E-state index is 0.0208. The van der Waals surface area contributed by atoms with Gasteiger partial charge in [0.05, 0.1) is 5.69 Å². The molecule has 2 aromatic rings. The summed E-state index contributed by atoms with van der Waals surface area (Å²) < 4.78 is 7.83. The molecule has 3 heterocycles. The van der Waals surface area contributed by atoms with Gasteiger partial charge in [0.1, 0.15) is 5.82 Å². The van der Waals surface area contributed by atoms with Crippen molar-refractivity contribution >= 4 is 5.91 Å². The van der Waals surface area contributed by atoms with E-state index < -0.39 is 0 Å². The molecule has 6 heteroatoms. The van der Waals surface area contributed by atoms with Crippen LogP contribution in [0.1, 0.15) is 78.5 Å². The van der Waals surface area contributed by atoms with E-state index in [4.69, 9.17) is 4.52 Å². The molecule has 1 saturated heterocycles. The first-order valence-electron chi connectivity index (χ1n) is 10.6. The molecule has 27 heavy (non-hydrogen) atoms. The van der Waals surface area contributed by atoms with Gasteiger partial charge in [-0.05, 0) is 57.3 Å². The summed E-state index contributed by atoms with van der Waals surface area (Å²) in [5.74, 6) is 2.78. The second kappa shape index (κ2) is 7.13. The third-order valence-corrected chi connectivity index (χ3v) is 6.66. The highest BCUT2D eigenvalue weighted by Gasteiger charge is 2.33. The number of likely N-dealkylation sites (tertiary alicyclic amines) is 1. The van der Waals surface area contributed by atoms with Crippen molar-refractivity contribution in [2.75, 3.05) is 13.1 Å². The van der Waals surface area contributed by atoms with Gasteiger partial charge < -0.3 is 14.0 Å². The normalized spacial score (nSPS) is 23.1. The number of carbonyl (C=O) groups excluding carboxylic acids is 1. The highest BCUT2D eigenvalue weighted by Crippen LogP contribution is 2.32. The fourth-order valence-corrected chi connectivity index (χ4v) is 4.86. The topological polar surface area (TPSA) is 64.2 Å². The van der Waals surface area contributed by atoms with Crippen LogP contribution in [0.4, 0.5) is 0 Å². The molecule has 0 spiro atoms. The molecule has 5 rings (SSSR count). The maximum absolute atomic E-state index is 13.1. The lowest BCUT2D eigenvalue weighted by atomic mass is 9.85. The van der Waals surface area contributed by atoms with Crippen molar-refractivity contribution in [2.45, 2.75) is 70.3 Å². The number of hydrogen-bond donors (Lipinski definition) is 0. The summed E-state index contributed by atoms with van der Waals surface area (Å²) in [4.78, 5) is 19.8. The maximum atomic E-state index is 13.1. The number of amides is 1. The third kappa shape index (κ3) is 3.19. The molecule has 2 aromatic heterocycles. The molecule has 144 valence electrons.